The normalized spacial score (nSPS) is 10.5. The van der Waals surface area contributed by atoms with Gasteiger partial charge in [0.1, 0.15) is 0 Å². The highest BCUT2D eigenvalue weighted by Crippen LogP contribution is 2.22. The second kappa shape index (κ2) is 3.71. The molecular weight excluding hydrogens is 285 g/mol. The summed E-state index contributed by atoms with van der Waals surface area (Å²) in [5.41, 5.74) is -0.779. The summed E-state index contributed by atoms with van der Waals surface area (Å²) in [5.74, 6) is 0. The first-order valence-electron chi connectivity index (χ1n) is 3.95. The molecule has 1 aromatic heterocycles. The second-order valence-electron chi connectivity index (χ2n) is 2.79. The fraction of sp³-hybridized carbons (Fsp3) is 0. The van der Waals surface area contributed by atoms with E-state index in [1.807, 2.05) is 0 Å². The average Bonchev–Trinajstić information content (AvgIpc) is 2.51. The van der Waals surface area contributed by atoms with Crippen LogP contribution in [0.4, 0.5) is 0 Å². The van der Waals surface area contributed by atoms with Crippen LogP contribution in [-0.4, -0.2) is 14.8 Å². The van der Waals surface area contributed by atoms with Gasteiger partial charge < -0.3 is 0 Å². The molecule has 0 aliphatic rings. The fourth-order valence-corrected chi connectivity index (χ4v) is 1.74. The first-order valence-corrected chi connectivity index (χ1v) is 5.12. The molecule has 0 bridgehead atoms. The van der Waals surface area contributed by atoms with Crippen molar-refractivity contribution in [2.45, 2.75) is 0 Å². The Bertz CT molecular complexity index is 585. The van der Waals surface area contributed by atoms with E-state index in [1.54, 1.807) is 18.2 Å². The summed E-state index contributed by atoms with van der Waals surface area (Å²) in [6, 6.07) is 4.91. The van der Waals surface area contributed by atoms with Crippen molar-refractivity contribution in [1.29, 1.82) is 0 Å². The monoisotopic (exact) mass is 289 g/mol. The maximum absolute atomic E-state index is 11.3. The van der Waals surface area contributed by atoms with Crippen LogP contribution in [0.2, 0.25) is 5.02 Å². The number of benzene rings is 1. The van der Waals surface area contributed by atoms with Crippen molar-refractivity contribution in [1.82, 2.24) is 14.8 Å². The number of H-pyrrole nitrogens is 2. The van der Waals surface area contributed by atoms with Crippen LogP contribution in [0.15, 0.2) is 32.3 Å². The van der Waals surface area contributed by atoms with Crippen LogP contribution in [0.5, 0.6) is 0 Å². The number of nitrogens with zero attached hydrogens (tertiary/aromatic N) is 1. The molecule has 2 rings (SSSR count). The predicted molar refractivity (Wildman–Crippen MR) is 59.7 cm³/mol. The third kappa shape index (κ3) is 1.78. The van der Waals surface area contributed by atoms with Gasteiger partial charge in [0, 0.05) is 4.47 Å². The summed E-state index contributed by atoms with van der Waals surface area (Å²) in [6.45, 7) is 0. The topological polar surface area (TPSA) is 70.7 Å². The molecule has 2 aromatic rings. The summed E-state index contributed by atoms with van der Waals surface area (Å²) >= 11 is 9.12. The maximum Gasteiger partial charge on any atom is 0.349 e. The first-order chi connectivity index (χ1) is 7.09. The lowest BCUT2D eigenvalue weighted by Gasteiger charge is -2.02. The standard InChI is InChI=1S/C8H5BrClN3O2/c9-4-1-2-5(10)6(3-4)13-7(14)11-12-8(13)15/h1-3H,(H,11,14)(H,12,15). The van der Waals surface area contributed by atoms with Crippen LogP contribution in [0.3, 0.4) is 0 Å². The van der Waals surface area contributed by atoms with Crippen LogP contribution < -0.4 is 11.4 Å². The Morgan fingerprint density at radius 1 is 1.20 bits per heavy atom. The van der Waals surface area contributed by atoms with Crippen molar-refractivity contribution in [3.8, 4) is 5.69 Å². The van der Waals surface area contributed by atoms with Crippen molar-refractivity contribution in [3.63, 3.8) is 0 Å². The van der Waals surface area contributed by atoms with Crippen LogP contribution in [0, 0.1) is 0 Å². The van der Waals surface area contributed by atoms with Gasteiger partial charge in [0.25, 0.3) is 0 Å². The molecule has 15 heavy (non-hydrogen) atoms. The number of rotatable bonds is 1. The van der Waals surface area contributed by atoms with Crippen molar-refractivity contribution in [2.75, 3.05) is 0 Å². The number of aromatic amines is 2. The molecule has 0 spiro atoms. The quantitative estimate of drug-likeness (QED) is 0.830. The minimum Gasteiger partial charge on any atom is -0.247 e. The lowest BCUT2D eigenvalue weighted by molar-refractivity contribution is 0.951. The van der Waals surface area contributed by atoms with Gasteiger partial charge in [-0.2, -0.15) is 0 Å². The molecular formula is C8H5BrClN3O2. The summed E-state index contributed by atoms with van der Waals surface area (Å²) in [7, 11) is 0. The largest absolute Gasteiger partial charge is 0.349 e. The molecule has 5 nitrogen and oxygen atoms in total. The second-order valence-corrected chi connectivity index (χ2v) is 4.11. The van der Waals surface area contributed by atoms with Crippen LogP contribution in [-0.2, 0) is 0 Å². The highest BCUT2D eigenvalue weighted by atomic mass is 79.9. The van der Waals surface area contributed by atoms with E-state index in [2.05, 4.69) is 26.1 Å². The van der Waals surface area contributed by atoms with Gasteiger partial charge in [0.2, 0.25) is 0 Å². The zero-order valence-electron chi connectivity index (χ0n) is 7.25. The molecule has 0 aliphatic carbocycles. The number of halogens is 2. The maximum atomic E-state index is 11.3. The zero-order chi connectivity index (χ0) is 11.0. The molecule has 0 amide bonds. The van der Waals surface area contributed by atoms with E-state index in [0.717, 1.165) is 9.04 Å². The van der Waals surface area contributed by atoms with Gasteiger partial charge in [-0.3, -0.25) is 0 Å². The van der Waals surface area contributed by atoms with Crippen molar-refractivity contribution < 1.29 is 0 Å². The summed E-state index contributed by atoms with van der Waals surface area (Å²) in [6.07, 6.45) is 0. The van der Waals surface area contributed by atoms with Crippen LogP contribution >= 0.6 is 27.5 Å². The number of hydrogen-bond acceptors (Lipinski definition) is 2. The Morgan fingerprint density at radius 2 is 1.80 bits per heavy atom. The van der Waals surface area contributed by atoms with Gasteiger partial charge in [-0.15, -0.1) is 0 Å². The molecule has 7 heteroatoms. The van der Waals surface area contributed by atoms with E-state index in [0.29, 0.717) is 10.7 Å². The number of nitrogens with one attached hydrogen (secondary N) is 2. The molecule has 0 radical (unpaired) electrons. The Balaban J connectivity index is 2.79. The van der Waals surface area contributed by atoms with Gasteiger partial charge in [-0.25, -0.2) is 24.4 Å². The highest BCUT2D eigenvalue weighted by Gasteiger charge is 2.09. The minimum absolute atomic E-state index is 0.324. The Hall–Kier alpha value is -1.27. The third-order valence-corrected chi connectivity index (χ3v) is 2.64. The van der Waals surface area contributed by atoms with E-state index in [4.69, 9.17) is 11.6 Å². The van der Waals surface area contributed by atoms with E-state index >= 15 is 0 Å². The lowest BCUT2D eigenvalue weighted by Crippen LogP contribution is -2.24. The van der Waals surface area contributed by atoms with E-state index in [9.17, 15) is 9.59 Å². The zero-order valence-corrected chi connectivity index (χ0v) is 9.59. The van der Waals surface area contributed by atoms with Crippen LogP contribution in [0.1, 0.15) is 0 Å². The molecule has 0 unspecified atom stereocenters. The van der Waals surface area contributed by atoms with Gasteiger partial charge in [-0.05, 0) is 18.2 Å². The van der Waals surface area contributed by atoms with Gasteiger partial charge >= 0.3 is 11.4 Å². The van der Waals surface area contributed by atoms with Crippen LogP contribution in [0.25, 0.3) is 5.69 Å². The Labute approximate surface area is 96.8 Å². The number of hydrogen-bond donors (Lipinski definition) is 2. The summed E-state index contributed by atoms with van der Waals surface area (Å²) < 4.78 is 1.65. The van der Waals surface area contributed by atoms with Crippen molar-refractivity contribution in [2.24, 2.45) is 0 Å². The van der Waals surface area contributed by atoms with Crippen molar-refractivity contribution in [3.05, 3.63) is 48.7 Å². The SMILES string of the molecule is O=c1[nH][nH]c(=O)n1-c1cc(Br)ccc1Cl. The average molecular weight is 291 g/mol. The molecule has 0 saturated heterocycles. The van der Waals surface area contributed by atoms with Crippen molar-refractivity contribution >= 4 is 27.5 Å². The van der Waals surface area contributed by atoms with Gasteiger partial charge in [-0.1, -0.05) is 27.5 Å². The first kappa shape index (κ1) is 10.3. The molecule has 0 aliphatic heterocycles. The highest BCUT2D eigenvalue weighted by molar-refractivity contribution is 9.10. The molecule has 1 heterocycles. The molecule has 2 N–H and O–H groups in total. The molecule has 0 fully saturated rings. The molecule has 1 aromatic carbocycles. The predicted octanol–water partition coefficient (Wildman–Crippen LogP) is 1.27. The Morgan fingerprint density at radius 3 is 2.40 bits per heavy atom. The molecule has 78 valence electrons. The minimum atomic E-state index is -0.556. The third-order valence-electron chi connectivity index (χ3n) is 1.83. The lowest BCUT2D eigenvalue weighted by atomic mass is 10.3. The fourth-order valence-electron chi connectivity index (χ4n) is 1.19. The summed E-state index contributed by atoms with van der Waals surface area (Å²) in [5, 5.41) is 4.68. The van der Waals surface area contributed by atoms with Gasteiger partial charge in [0.05, 0.1) is 10.7 Å². The number of aromatic nitrogens is 3. The summed E-state index contributed by atoms with van der Waals surface area (Å²) in [4.78, 5) is 22.6. The van der Waals surface area contributed by atoms with Gasteiger partial charge in [0.15, 0.2) is 0 Å². The Kier molecular flexibility index (Phi) is 2.54. The van der Waals surface area contributed by atoms with E-state index < -0.39 is 11.4 Å². The molecule has 0 saturated carbocycles. The van der Waals surface area contributed by atoms with E-state index in [1.165, 1.54) is 0 Å². The smallest absolute Gasteiger partial charge is 0.247 e. The molecule has 0 atom stereocenters. The van der Waals surface area contributed by atoms with E-state index in [-0.39, 0.29) is 0 Å².